The second-order valence-electron chi connectivity index (χ2n) is 5.37. The normalized spacial score (nSPS) is 10.5. The topological polar surface area (TPSA) is 59.6 Å². The van der Waals surface area contributed by atoms with E-state index in [0.29, 0.717) is 31.5 Å². The van der Waals surface area contributed by atoms with Gasteiger partial charge in [0.05, 0.1) is 24.9 Å². The summed E-state index contributed by atoms with van der Waals surface area (Å²) in [7, 11) is 2.89. The van der Waals surface area contributed by atoms with E-state index in [0.717, 1.165) is 15.8 Å². The van der Waals surface area contributed by atoms with E-state index in [1.54, 1.807) is 25.3 Å². The molecule has 2 aromatic carbocycles. The molecule has 0 atom stereocenters. The van der Waals surface area contributed by atoms with Gasteiger partial charge in [0.25, 0.3) is 0 Å². The van der Waals surface area contributed by atoms with Gasteiger partial charge in [-0.25, -0.2) is 4.79 Å². The fourth-order valence-electron chi connectivity index (χ4n) is 2.43. The lowest BCUT2D eigenvalue weighted by atomic mass is 10.2. The lowest BCUT2D eigenvalue weighted by Crippen LogP contribution is -2.19. The molecule has 0 amide bonds. The second-order valence-corrected chi connectivity index (χ2v) is 7.65. The van der Waals surface area contributed by atoms with Gasteiger partial charge < -0.3 is 20.1 Å². The summed E-state index contributed by atoms with van der Waals surface area (Å²) in [4.78, 5) is 12.2. The van der Waals surface area contributed by atoms with Gasteiger partial charge in [-0.1, -0.05) is 23.2 Å². The maximum Gasteiger partial charge on any atom is 0.349 e. The molecule has 1 heterocycles. The number of carbonyl (C=O) groups is 1. The summed E-state index contributed by atoms with van der Waals surface area (Å²) in [6.45, 7) is 0. The molecule has 9 heteroatoms. The van der Waals surface area contributed by atoms with Crippen molar-refractivity contribution in [3.63, 3.8) is 0 Å². The van der Waals surface area contributed by atoms with Crippen LogP contribution in [0, 0.1) is 0 Å². The first-order valence-electron chi connectivity index (χ1n) is 7.65. The molecular weight excluding hydrogens is 427 g/mol. The van der Waals surface area contributed by atoms with Gasteiger partial charge in [-0.05, 0) is 48.6 Å². The molecule has 27 heavy (non-hydrogen) atoms. The molecule has 3 rings (SSSR count). The highest BCUT2D eigenvalue weighted by Crippen LogP contribution is 2.37. The van der Waals surface area contributed by atoms with Crippen LogP contribution in [-0.4, -0.2) is 25.3 Å². The minimum Gasteiger partial charge on any atom is -0.495 e. The maximum atomic E-state index is 11.8. The molecule has 0 fully saturated rings. The van der Waals surface area contributed by atoms with E-state index in [1.807, 2.05) is 18.2 Å². The van der Waals surface area contributed by atoms with Gasteiger partial charge in [0.2, 0.25) is 0 Å². The van der Waals surface area contributed by atoms with Gasteiger partial charge in [-0.15, -0.1) is 11.3 Å². The van der Waals surface area contributed by atoms with Crippen molar-refractivity contribution >= 4 is 79.3 Å². The minimum atomic E-state index is -0.457. The number of hydrogen-bond donors (Lipinski definition) is 2. The van der Waals surface area contributed by atoms with Crippen molar-refractivity contribution in [1.82, 2.24) is 0 Å². The summed E-state index contributed by atoms with van der Waals surface area (Å²) in [5.74, 6) is 0.160. The van der Waals surface area contributed by atoms with Crippen molar-refractivity contribution in [2.75, 3.05) is 24.9 Å². The lowest BCUT2D eigenvalue weighted by molar-refractivity contribution is 0.0606. The van der Waals surface area contributed by atoms with Crippen molar-refractivity contribution < 1.29 is 14.3 Å². The van der Waals surface area contributed by atoms with Crippen LogP contribution in [0.25, 0.3) is 10.1 Å². The van der Waals surface area contributed by atoms with Crippen LogP contribution < -0.4 is 15.4 Å². The molecule has 0 aliphatic heterocycles. The molecule has 2 N–H and O–H groups in total. The van der Waals surface area contributed by atoms with Crippen molar-refractivity contribution in [2.45, 2.75) is 0 Å². The van der Waals surface area contributed by atoms with Gasteiger partial charge in [0.1, 0.15) is 10.6 Å². The number of nitrogens with one attached hydrogen (secondary N) is 2. The molecular formula is C18H14Cl2N2O3S2. The van der Waals surface area contributed by atoms with E-state index in [2.05, 4.69) is 10.6 Å². The molecule has 0 radical (unpaired) electrons. The summed E-state index contributed by atoms with van der Waals surface area (Å²) < 4.78 is 10.9. The first-order valence-corrected chi connectivity index (χ1v) is 9.63. The fourth-order valence-corrected chi connectivity index (χ4v) is 4.30. The number of fused-ring (bicyclic) bond motifs is 1. The van der Waals surface area contributed by atoms with Crippen molar-refractivity contribution in [3.8, 4) is 5.75 Å². The standard InChI is InChI=1S/C18H14Cl2N2O3S2/c1-24-13-6-3-9(19)7-12(13)22-18(26)21-10-4-5-11-14(8-10)27-16(15(11)20)17(23)25-2/h3-8H,1-2H3,(H2,21,22,26). The number of esters is 1. The van der Waals surface area contributed by atoms with E-state index in [-0.39, 0.29) is 0 Å². The average molecular weight is 441 g/mol. The first-order chi connectivity index (χ1) is 12.9. The Morgan fingerprint density at radius 3 is 2.59 bits per heavy atom. The Hall–Kier alpha value is -2.06. The monoisotopic (exact) mass is 440 g/mol. The molecule has 5 nitrogen and oxygen atoms in total. The quantitative estimate of drug-likeness (QED) is 0.394. The third-order valence-corrected chi connectivity index (χ3v) is 5.74. The first kappa shape index (κ1) is 19.7. The Labute approximate surface area is 175 Å². The smallest absolute Gasteiger partial charge is 0.349 e. The van der Waals surface area contributed by atoms with E-state index in [9.17, 15) is 4.79 Å². The minimum absolute atomic E-state index is 0.366. The number of ether oxygens (including phenoxy) is 2. The summed E-state index contributed by atoms with van der Waals surface area (Å²) in [6.07, 6.45) is 0. The predicted octanol–water partition coefficient (Wildman–Crippen LogP) is 5.81. The Bertz CT molecular complexity index is 1040. The van der Waals surface area contributed by atoms with Gasteiger partial charge >= 0.3 is 5.97 Å². The number of halogens is 2. The molecule has 3 aromatic rings. The molecule has 0 unspecified atom stereocenters. The number of anilines is 2. The van der Waals surface area contributed by atoms with Crippen LogP contribution in [0.2, 0.25) is 10.0 Å². The van der Waals surface area contributed by atoms with Crippen molar-refractivity contribution in [1.29, 1.82) is 0 Å². The maximum absolute atomic E-state index is 11.8. The summed E-state index contributed by atoms with van der Waals surface area (Å²) >= 11 is 18.9. The highest BCUT2D eigenvalue weighted by molar-refractivity contribution is 7.80. The Kier molecular flexibility index (Phi) is 6.06. The van der Waals surface area contributed by atoms with Crippen LogP contribution in [0.3, 0.4) is 0 Å². The van der Waals surface area contributed by atoms with E-state index in [1.165, 1.54) is 18.4 Å². The molecule has 1 aromatic heterocycles. The van der Waals surface area contributed by atoms with Crippen LogP contribution >= 0.6 is 46.8 Å². The van der Waals surface area contributed by atoms with Crippen LogP contribution in [0.5, 0.6) is 5.75 Å². The number of rotatable bonds is 4. The third kappa shape index (κ3) is 4.27. The predicted molar refractivity (Wildman–Crippen MR) is 116 cm³/mol. The molecule has 0 spiro atoms. The summed E-state index contributed by atoms with van der Waals surface area (Å²) in [6, 6.07) is 10.7. The zero-order valence-corrected chi connectivity index (χ0v) is 17.4. The molecule has 0 aliphatic carbocycles. The molecule has 140 valence electrons. The summed E-state index contributed by atoms with van der Waals surface area (Å²) in [5.41, 5.74) is 1.39. The van der Waals surface area contributed by atoms with Gasteiger partial charge in [0.15, 0.2) is 5.11 Å². The van der Waals surface area contributed by atoms with Gasteiger partial charge in [-0.2, -0.15) is 0 Å². The van der Waals surface area contributed by atoms with Gasteiger partial charge in [-0.3, -0.25) is 0 Å². The highest BCUT2D eigenvalue weighted by atomic mass is 35.5. The van der Waals surface area contributed by atoms with Crippen LogP contribution in [0.15, 0.2) is 36.4 Å². The van der Waals surface area contributed by atoms with Crippen molar-refractivity contribution in [2.24, 2.45) is 0 Å². The van der Waals surface area contributed by atoms with Crippen LogP contribution in [-0.2, 0) is 4.74 Å². The number of thiophene rings is 1. The number of hydrogen-bond acceptors (Lipinski definition) is 5. The van der Waals surface area contributed by atoms with Gasteiger partial charge in [0, 0.05) is 20.8 Å². The molecule has 0 bridgehead atoms. The molecule has 0 saturated heterocycles. The van der Waals surface area contributed by atoms with Crippen LogP contribution in [0.4, 0.5) is 11.4 Å². The Balaban J connectivity index is 1.81. The number of carbonyl (C=O) groups excluding carboxylic acids is 1. The third-order valence-electron chi connectivity index (χ3n) is 3.67. The van der Waals surface area contributed by atoms with E-state index < -0.39 is 5.97 Å². The molecule has 0 aliphatic rings. The second kappa shape index (κ2) is 8.31. The zero-order chi connectivity index (χ0) is 19.6. The highest BCUT2D eigenvalue weighted by Gasteiger charge is 2.18. The molecule has 0 saturated carbocycles. The summed E-state index contributed by atoms with van der Waals surface area (Å²) in [5, 5.41) is 8.25. The SMILES string of the molecule is COC(=O)c1sc2cc(NC(=S)Nc3cc(Cl)ccc3OC)ccc2c1Cl. The fraction of sp³-hybridized carbons (Fsp3) is 0.111. The lowest BCUT2D eigenvalue weighted by Gasteiger charge is -2.13. The number of methoxy groups -OCH3 is 2. The number of benzene rings is 2. The van der Waals surface area contributed by atoms with E-state index >= 15 is 0 Å². The van der Waals surface area contributed by atoms with E-state index in [4.69, 9.17) is 44.9 Å². The van der Waals surface area contributed by atoms with Crippen LogP contribution in [0.1, 0.15) is 9.67 Å². The number of thiocarbonyl (C=S) groups is 1. The largest absolute Gasteiger partial charge is 0.495 e. The van der Waals surface area contributed by atoms with Crippen molar-refractivity contribution in [3.05, 3.63) is 51.3 Å². The zero-order valence-electron chi connectivity index (χ0n) is 14.3. The Morgan fingerprint density at radius 2 is 1.89 bits per heavy atom. The Morgan fingerprint density at radius 1 is 1.11 bits per heavy atom. The average Bonchev–Trinajstić information content (AvgIpc) is 2.97.